The van der Waals surface area contributed by atoms with Gasteiger partial charge >= 0.3 is 0 Å². The first-order chi connectivity index (χ1) is 13.4. The lowest BCUT2D eigenvalue weighted by atomic mass is 10.2. The molecule has 0 saturated heterocycles. The van der Waals surface area contributed by atoms with Crippen molar-refractivity contribution in [2.75, 3.05) is 20.6 Å². The van der Waals surface area contributed by atoms with Crippen molar-refractivity contribution >= 4 is 5.91 Å². The lowest BCUT2D eigenvalue weighted by Gasteiger charge is -2.22. The summed E-state index contributed by atoms with van der Waals surface area (Å²) in [4.78, 5) is 18.2. The van der Waals surface area contributed by atoms with Gasteiger partial charge in [-0.1, -0.05) is 0 Å². The number of halogens is 2. The molecule has 0 saturated carbocycles. The number of rotatable bonds is 8. The molecular weight excluding hydrogens is 368 g/mol. The van der Waals surface area contributed by atoms with E-state index in [0.29, 0.717) is 12.4 Å². The molecule has 1 unspecified atom stereocenters. The highest BCUT2D eigenvalue weighted by Gasteiger charge is 2.18. The van der Waals surface area contributed by atoms with E-state index in [4.69, 9.17) is 8.83 Å². The molecule has 0 fully saturated rings. The number of aryl methyl sites for hydroxylation is 1. The lowest BCUT2D eigenvalue weighted by Crippen LogP contribution is -2.34. The average molecular weight is 389 g/mol. The highest BCUT2D eigenvalue weighted by molar-refractivity contribution is 5.76. The third kappa shape index (κ3) is 4.83. The Morgan fingerprint density at radius 3 is 2.79 bits per heavy atom. The summed E-state index contributed by atoms with van der Waals surface area (Å²) < 4.78 is 37.7. The predicted molar refractivity (Wildman–Crippen MR) is 98.3 cm³/mol. The minimum atomic E-state index is -0.729. The van der Waals surface area contributed by atoms with Gasteiger partial charge in [0.05, 0.1) is 24.1 Å². The summed E-state index contributed by atoms with van der Waals surface area (Å²) in [5, 5.41) is 2.86. The van der Waals surface area contributed by atoms with Crippen LogP contribution in [0.4, 0.5) is 8.78 Å². The van der Waals surface area contributed by atoms with E-state index in [2.05, 4.69) is 10.3 Å². The first kappa shape index (κ1) is 19.8. The summed E-state index contributed by atoms with van der Waals surface area (Å²) >= 11 is 0. The average Bonchev–Trinajstić information content (AvgIpc) is 3.32. The Labute approximate surface area is 161 Å². The third-order valence-electron chi connectivity index (χ3n) is 4.30. The first-order valence-corrected chi connectivity index (χ1v) is 8.80. The van der Waals surface area contributed by atoms with E-state index in [1.165, 1.54) is 12.3 Å². The van der Waals surface area contributed by atoms with E-state index >= 15 is 0 Å². The van der Waals surface area contributed by atoms with Crippen molar-refractivity contribution in [3.63, 3.8) is 0 Å². The Morgan fingerprint density at radius 2 is 2.11 bits per heavy atom. The molecule has 1 aromatic carbocycles. The molecule has 8 heteroatoms. The second-order valence-electron chi connectivity index (χ2n) is 6.54. The predicted octanol–water partition coefficient (Wildman–Crippen LogP) is 3.56. The summed E-state index contributed by atoms with van der Waals surface area (Å²) in [5.41, 5.74) is 0.122. The van der Waals surface area contributed by atoms with Crippen LogP contribution in [0.3, 0.4) is 0 Å². The van der Waals surface area contributed by atoms with E-state index in [-0.39, 0.29) is 36.1 Å². The molecule has 28 heavy (non-hydrogen) atoms. The second-order valence-corrected chi connectivity index (χ2v) is 6.54. The Kier molecular flexibility index (Phi) is 6.20. The molecule has 0 aliphatic rings. The van der Waals surface area contributed by atoms with Gasteiger partial charge in [0.15, 0.2) is 11.7 Å². The van der Waals surface area contributed by atoms with Crippen molar-refractivity contribution in [1.82, 2.24) is 15.2 Å². The summed E-state index contributed by atoms with van der Waals surface area (Å²) in [7, 11) is 3.81. The van der Waals surface area contributed by atoms with Gasteiger partial charge in [-0.2, -0.15) is 0 Å². The number of benzene rings is 1. The molecule has 2 heterocycles. The summed E-state index contributed by atoms with van der Waals surface area (Å²) in [6.45, 7) is 0.400. The van der Waals surface area contributed by atoms with Gasteiger partial charge < -0.3 is 14.2 Å². The van der Waals surface area contributed by atoms with Crippen LogP contribution in [-0.4, -0.2) is 36.4 Å². The maximum absolute atomic E-state index is 13.8. The normalized spacial score (nSPS) is 12.3. The van der Waals surface area contributed by atoms with Gasteiger partial charge in [-0.3, -0.25) is 9.69 Å². The van der Waals surface area contributed by atoms with Crippen LogP contribution >= 0.6 is 0 Å². The van der Waals surface area contributed by atoms with Crippen LogP contribution in [-0.2, 0) is 11.2 Å². The molecule has 3 rings (SSSR count). The van der Waals surface area contributed by atoms with E-state index < -0.39 is 11.6 Å². The van der Waals surface area contributed by atoms with E-state index in [1.807, 2.05) is 25.1 Å². The summed E-state index contributed by atoms with van der Waals surface area (Å²) in [5.74, 6) is -0.283. The van der Waals surface area contributed by atoms with Gasteiger partial charge in [0, 0.05) is 25.5 Å². The summed E-state index contributed by atoms with van der Waals surface area (Å²) in [6.07, 6.45) is 3.40. The molecule has 0 bridgehead atoms. The highest BCUT2D eigenvalue weighted by atomic mass is 19.1. The van der Waals surface area contributed by atoms with Gasteiger partial charge in [0.2, 0.25) is 5.91 Å². The van der Waals surface area contributed by atoms with Crippen LogP contribution < -0.4 is 5.32 Å². The zero-order chi connectivity index (χ0) is 20.1. The molecule has 1 amide bonds. The van der Waals surface area contributed by atoms with Gasteiger partial charge in [-0.05, 0) is 38.4 Å². The fraction of sp³-hybridized carbons (Fsp3) is 0.300. The lowest BCUT2D eigenvalue weighted by molar-refractivity contribution is -0.121. The standard InChI is InChI=1S/C20H21F2N3O3/c1-25(2)16(17-4-3-9-27-17)11-23-19(26)7-8-20-24-12-18(28-20)14-6-5-13(21)10-15(14)22/h3-6,9-10,12,16H,7-8,11H2,1-2H3,(H,23,26). The quantitative estimate of drug-likeness (QED) is 0.638. The highest BCUT2D eigenvalue weighted by Crippen LogP contribution is 2.24. The van der Waals surface area contributed by atoms with Gasteiger partial charge in [-0.15, -0.1) is 0 Å². The number of hydrogen-bond donors (Lipinski definition) is 1. The second kappa shape index (κ2) is 8.79. The van der Waals surface area contributed by atoms with Gasteiger partial charge in [0.25, 0.3) is 0 Å². The zero-order valence-corrected chi connectivity index (χ0v) is 15.6. The number of aromatic nitrogens is 1. The van der Waals surface area contributed by atoms with Crippen molar-refractivity contribution in [1.29, 1.82) is 0 Å². The number of nitrogens with one attached hydrogen (secondary N) is 1. The third-order valence-corrected chi connectivity index (χ3v) is 4.30. The van der Waals surface area contributed by atoms with Gasteiger partial charge in [0.1, 0.15) is 17.4 Å². The van der Waals surface area contributed by atoms with Crippen molar-refractivity contribution in [2.45, 2.75) is 18.9 Å². The van der Waals surface area contributed by atoms with Crippen LogP contribution in [0.25, 0.3) is 11.3 Å². The van der Waals surface area contributed by atoms with Crippen LogP contribution in [0.1, 0.15) is 24.1 Å². The molecule has 0 radical (unpaired) electrons. The van der Waals surface area contributed by atoms with Crippen molar-refractivity contribution < 1.29 is 22.4 Å². The van der Waals surface area contributed by atoms with E-state index in [0.717, 1.165) is 17.9 Å². The number of oxazole rings is 1. The molecule has 6 nitrogen and oxygen atoms in total. The smallest absolute Gasteiger partial charge is 0.220 e. The molecule has 1 atom stereocenters. The number of carbonyl (C=O) groups excluding carboxylic acids is 1. The van der Waals surface area contributed by atoms with Crippen molar-refractivity contribution in [2.24, 2.45) is 0 Å². The fourth-order valence-corrected chi connectivity index (χ4v) is 2.78. The Hall–Kier alpha value is -3.00. The number of nitrogens with zero attached hydrogens (tertiary/aromatic N) is 2. The molecule has 3 aromatic rings. The number of likely N-dealkylation sites (N-methyl/N-ethyl adjacent to an activating group) is 1. The minimum Gasteiger partial charge on any atom is -0.468 e. The number of hydrogen-bond acceptors (Lipinski definition) is 5. The van der Waals surface area contributed by atoms with Crippen LogP contribution in [0.2, 0.25) is 0 Å². The maximum atomic E-state index is 13.8. The van der Waals surface area contributed by atoms with Crippen LogP contribution in [0.5, 0.6) is 0 Å². The Morgan fingerprint density at radius 1 is 1.29 bits per heavy atom. The fourth-order valence-electron chi connectivity index (χ4n) is 2.78. The van der Waals surface area contributed by atoms with Crippen molar-refractivity contribution in [3.8, 4) is 11.3 Å². The monoisotopic (exact) mass is 389 g/mol. The van der Waals surface area contributed by atoms with Crippen LogP contribution in [0.15, 0.2) is 51.6 Å². The Balaban J connectivity index is 1.53. The first-order valence-electron chi connectivity index (χ1n) is 8.80. The van der Waals surface area contributed by atoms with Gasteiger partial charge in [-0.25, -0.2) is 13.8 Å². The zero-order valence-electron chi connectivity index (χ0n) is 15.6. The minimum absolute atomic E-state index is 0.0752. The van der Waals surface area contributed by atoms with Crippen molar-refractivity contribution in [3.05, 3.63) is 66.1 Å². The topological polar surface area (TPSA) is 71.5 Å². The SMILES string of the molecule is CN(C)C(CNC(=O)CCc1ncc(-c2ccc(F)cc2F)o1)c1ccco1. The maximum Gasteiger partial charge on any atom is 0.220 e. The number of carbonyl (C=O) groups is 1. The van der Waals surface area contributed by atoms with E-state index in [1.54, 1.807) is 12.3 Å². The Bertz CT molecular complexity index is 923. The molecule has 0 aliphatic carbocycles. The molecule has 0 aliphatic heterocycles. The summed E-state index contributed by atoms with van der Waals surface area (Å²) in [6, 6.07) is 6.81. The largest absolute Gasteiger partial charge is 0.468 e. The van der Waals surface area contributed by atoms with Crippen LogP contribution in [0, 0.1) is 11.6 Å². The van der Waals surface area contributed by atoms with E-state index in [9.17, 15) is 13.6 Å². The number of amides is 1. The molecule has 0 spiro atoms. The molecular formula is C20H21F2N3O3. The molecule has 148 valence electrons. The number of furan rings is 1. The molecule has 1 N–H and O–H groups in total. The molecule has 2 aromatic heterocycles.